The molecule has 3 aliphatic rings. The average molecular weight is 1090 g/mol. The van der Waals surface area contributed by atoms with E-state index in [2.05, 4.69) is 294 Å². The van der Waals surface area contributed by atoms with Crippen LogP contribution in [0.2, 0.25) is 0 Å². The van der Waals surface area contributed by atoms with Crippen molar-refractivity contribution < 1.29 is 8.83 Å². The average Bonchev–Trinajstić information content (AvgIpc) is 1.56. The van der Waals surface area contributed by atoms with Crippen LogP contribution in [0.5, 0.6) is 0 Å². The molecule has 12 aromatic carbocycles. The number of fused-ring (bicyclic) bond motifs is 22. The number of rotatable bonds is 6. The van der Waals surface area contributed by atoms with Gasteiger partial charge in [0.25, 0.3) is 0 Å². The van der Waals surface area contributed by atoms with Crippen molar-refractivity contribution in [3.05, 3.63) is 276 Å². The van der Waals surface area contributed by atoms with Crippen molar-refractivity contribution in [1.29, 1.82) is 0 Å². The zero-order valence-corrected chi connectivity index (χ0v) is 48.3. The van der Waals surface area contributed by atoms with Crippen molar-refractivity contribution in [2.75, 3.05) is 4.90 Å². The van der Waals surface area contributed by atoms with E-state index in [1.54, 1.807) is 0 Å². The van der Waals surface area contributed by atoms with E-state index >= 15 is 0 Å². The van der Waals surface area contributed by atoms with Gasteiger partial charge in [-0.25, -0.2) is 0 Å². The molecule has 0 spiro atoms. The predicted octanol–water partition coefficient (Wildman–Crippen LogP) is 22.3. The summed E-state index contributed by atoms with van der Waals surface area (Å²) in [6, 6.07) is 89.6. The van der Waals surface area contributed by atoms with Gasteiger partial charge in [0, 0.05) is 82.3 Å². The van der Waals surface area contributed by atoms with Gasteiger partial charge in [0.1, 0.15) is 22.3 Å². The molecule has 0 radical (unpaired) electrons. The van der Waals surface area contributed by atoms with Gasteiger partial charge in [-0.1, -0.05) is 211 Å². The highest BCUT2D eigenvalue weighted by atomic mass is 16.3. The smallest absolute Gasteiger partial charge is 0.144 e. The molecule has 15 aromatic rings. The lowest BCUT2D eigenvalue weighted by Gasteiger charge is -2.32. The van der Waals surface area contributed by atoms with E-state index in [-0.39, 0.29) is 10.8 Å². The number of furan rings is 2. The molecule has 18 rings (SSSR count). The summed E-state index contributed by atoms with van der Waals surface area (Å²) in [5, 5.41) is 7.12. The number of hydrogen-bond acceptors (Lipinski definition) is 3. The molecule has 0 saturated carbocycles. The fourth-order valence-corrected chi connectivity index (χ4v) is 16.0. The molecule has 0 unspecified atom stereocenters. The second-order valence-electron chi connectivity index (χ2n) is 25.5. The molecule has 3 aliphatic carbocycles. The van der Waals surface area contributed by atoms with Gasteiger partial charge in [0.05, 0.1) is 16.7 Å². The standard InChI is InChI=1S/C81H58N2O2/c1-79(2)62-44-50(38-41-56(62)70-64(79)46-60(77-72(70)58-30-16-21-35-68(58)84-77)48-37-40-54-53-28-15-20-34-66(53)83(67(54)43-48)49-25-11-8-12-26-49)82(65-33-19-14-27-52(65)47-23-9-7-10-24-47)51-39-42-57-63(45-51)81(5,6)75-71(57)73-59-31-17-22-36-69(59)85-78(73)74-55-29-13-18-32-61(55)80(3,4)76(74)75/h7-46H,1-6H3. The minimum atomic E-state index is -0.402. The Hall–Kier alpha value is -10.2. The van der Waals surface area contributed by atoms with Gasteiger partial charge < -0.3 is 18.3 Å². The fourth-order valence-electron chi connectivity index (χ4n) is 16.0. The van der Waals surface area contributed by atoms with Crippen LogP contribution < -0.4 is 4.90 Å². The highest BCUT2D eigenvalue weighted by Crippen LogP contribution is 2.64. The van der Waals surface area contributed by atoms with Gasteiger partial charge in [-0.2, -0.15) is 0 Å². The van der Waals surface area contributed by atoms with Crippen molar-refractivity contribution in [2.24, 2.45) is 0 Å². The third-order valence-electron chi connectivity index (χ3n) is 19.9. The summed E-state index contributed by atoms with van der Waals surface area (Å²) < 4.78 is 16.6. The SMILES string of the molecule is CC1(C)c2cc(N(c3ccc4c(c3)C(C)(C)c3c5c(c6oc7ccccc7c6c3-4)-c3ccccc3C5(C)C)c3ccccc3-c3ccccc3)ccc2-c2c1cc(-c1ccc3c4ccccc4n(-c4ccccc4)c3c1)c1oc3ccccc3c21. The first-order chi connectivity index (χ1) is 41.5. The maximum absolute atomic E-state index is 7.11. The molecule has 4 heteroatoms. The molecular formula is C81H58N2O2. The van der Waals surface area contributed by atoms with E-state index in [9.17, 15) is 0 Å². The van der Waals surface area contributed by atoms with E-state index < -0.39 is 5.41 Å². The zero-order valence-electron chi connectivity index (χ0n) is 48.3. The number of hydrogen-bond donors (Lipinski definition) is 0. The van der Waals surface area contributed by atoms with Crippen molar-refractivity contribution in [2.45, 2.75) is 57.8 Å². The van der Waals surface area contributed by atoms with Crippen molar-refractivity contribution in [1.82, 2.24) is 4.57 Å². The number of anilines is 3. The Bertz CT molecular complexity index is 5390. The molecule has 3 aromatic heterocycles. The third kappa shape index (κ3) is 6.41. The summed E-state index contributed by atoms with van der Waals surface area (Å²) in [5.74, 6) is 0. The molecule has 85 heavy (non-hydrogen) atoms. The first-order valence-corrected chi connectivity index (χ1v) is 29.9. The summed E-state index contributed by atoms with van der Waals surface area (Å²) in [5.41, 5.74) is 29.6. The molecule has 0 saturated heterocycles. The van der Waals surface area contributed by atoms with E-state index in [1.807, 2.05) is 0 Å². The zero-order chi connectivity index (χ0) is 56.8. The molecule has 0 bridgehead atoms. The van der Waals surface area contributed by atoms with Crippen LogP contribution in [0.4, 0.5) is 17.1 Å². The first kappa shape index (κ1) is 48.4. The first-order valence-electron chi connectivity index (χ1n) is 29.9. The second-order valence-corrected chi connectivity index (χ2v) is 25.5. The van der Waals surface area contributed by atoms with Crippen LogP contribution >= 0.6 is 0 Å². The Balaban J connectivity index is 0.851. The highest BCUT2D eigenvalue weighted by molar-refractivity contribution is 6.22. The topological polar surface area (TPSA) is 34.5 Å². The van der Waals surface area contributed by atoms with Crippen LogP contribution in [-0.2, 0) is 16.2 Å². The van der Waals surface area contributed by atoms with Gasteiger partial charge >= 0.3 is 0 Å². The molecule has 0 atom stereocenters. The monoisotopic (exact) mass is 1090 g/mol. The molecule has 0 N–H and O–H groups in total. The van der Waals surface area contributed by atoms with E-state index in [0.29, 0.717) is 0 Å². The van der Waals surface area contributed by atoms with E-state index in [0.717, 1.165) is 83.4 Å². The van der Waals surface area contributed by atoms with Crippen molar-refractivity contribution in [3.8, 4) is 61.3 Å². The summed E-state index contributed by atoms with van der Waals surface area (Å²) >= 11 is 0. The third-order valence-corrected chi connectivity index (χ3v) is 19.9. The van der Waals surface area contributed by atoms with Crippen molar-refractivity contribution >= 4 is 82.7 Å². The molecule has 4 nitrogen and oxygen atoms in total. The van der Waals surface area contributed by atoms with Crippen LogP contribution in [-0.4, -0.2) is 4.57 Å². The lowest BCUT2D eigenvalue weighted by molar-refractivity contribution is 0.600. The predicted molar refractivity (Wildman–Crippen MR) is 354 cm³/mol. The normalized spacial score (nSPS) is 14.8. The summed E-state index contributed by atoms with van der Waals surface area (Å²) in [4.78, 5) is 2.53. The summed E-state index contributed by atoms with van der Waals surface area (Å²) in [6.07, 6.45) is 0. The minimum Gasteiger partial charge on any atom is -0.455 e. The number of benzene rings is 12. The van der Waals surface area contributed by atoms with Crippen molar-refractivity contribution in [3.63, 3.8) is 0 Å². The Kier molecular flexibility index (Phi) is 9.67. The van der Waals surface area contributed by atoms with Crippen LogP contribution in [0.3, 0.4) is 0 Å². The Morgan fingerprint density at radius 3 is 1.59 bits per heavy atom. The number of aromatic nitrogens is 1. The van der Waals surface area contributed by atoms with Crippen LogP contribution in [0.15, 0.2) is 251 Å². The van der Waals surface area contributed by atoms with Gasteiger partial charge in [0.15, 0.2) is 0 Å². The maximum Gasteiger partial charge on any atom is 0.144 e. The maximum atomic E-state index is 7.11. The molecule has 0 amide bonds. The lowest BCUT2D eigenvalue weighted by atomic mass is 9.72. The molecule has 0 fully saturated rings. The second kappa shape index (κ2) is 17.0. The van der Waals surface area contributed by atoms with Gasteiger partial charge in [-0.15, -0.1) is 0 Å². The highest BCUT2D eigenvalue weighted by Gasteiger charge is 2.49. The lowest BCUT2D eigenvalue weighted by Crippen LogP contribution is -2.24. The van der Waals surface area contributed by atoms with Crippen LogP contribution in [0, 0.1) is 0 Å². The quantitative estimate of drug-likeness (QED) is 0.166. The Morgan fingerprint density at radius 1 is 0.329 bits per heavy atom. The molecule has 404 valence electrons. The molecule has 3 heterocycles. The fraction of sp³-hybridized carbons (Fsp3) is 0.111. The van der Waals surface area contributed by atoms with Gasteiger partial charge in [-0.05, 0) is 145 Å². The van der Waals surface area contributed by atoms with Gasteiger partial charge in [-0.3, -0.25) is 0 Å². The summed E-state index contributed by atoms with van der Waals surface area (Å²) in [6.45, 7) is 14.6. The van der Waals surface area contributed by atoms with E-state index in [4.69, 9.17) is 8.83 Å². The van der Waals surface area contributed by atoms with E-state index in [1.165, 1.54) is 94.0 Å². The molecule has 0 aliphatic heterocycles. The number of para-hydroxylation sites is 5. The minimum absolute atomic E-state index is 0.257. The van der Waals surface area contributed by atoms with Crippen LogP contribution in [0.1, 0.15) is 74.9 Å². The molecular weight excluding hydrogens is 1030 g/mol. The van der Waals surface area contributed by atoms with Gasteiger partial charge in [0.2, 0.25) is 0 Å². The van der Waals surface area contributed by atoms with Crippen LogP contribution in [0.25, 0.3) is 127 Å². The Labute approximate surface area is 493 Å². The largest absolute Gasteiger partial charge is 0.455 e. The Morgan fingerprint density at radius 2 is 0.859 bits per heavy atom. The summed E-state index contributed by atoms with van der Waals surface area (Å²) in [7, 11) is 0. The number of nitrogens with zero attached hydrogens (tertiary/aromatic N) is 2.